The Morgan fingerprint density at radius 3 is 2.38 bits per heavy atom. The van der Waals surface area contributed by atoms with Crippen molar-refractivity contribution in [2.24, 2.45) is 17.3 Å². The van der Waals surface area contributed by atoms with Crippen LogP contribution in [0.5, 0.6) is 0 Å². The highest BCUT2D eigenvalue weighted by molar-refractivity contribution is 9.11. The summed E-state index contributed by atoms with van der Waals surface area (Å²) in [4.78, 5) is 25.4. The lowest BCUT2D eigenvalue weighted by atomic mass is 9.72. The van der Waals surface area contributed by atoms with Gasteiger partial charge in [-0.05, 0) is 53.9 Å². The highest BCUT2D eigenvalue weighted by atomic mass is 79.9. The van der Waals surface area contributed by atoms with E-state index < -0.39 is 35.5 Å². The molecule has 158 valence electrons. The molecule has 2 rings (SSSR count). The number of aliphatic hydroxyl groups excluding tert-OH is 1. The van der Waals surface area contributed by atoms with Crippen molar-refractivity contribution in [1.82, 2.24) is 0 Å². The number of ether oxygens (including phenoxy) is 2. The summed E-state index contributed by atoms with van der Waals surface area (Å²) < 4.78 is 12.1. The number of hydrogen-bond donors (Lipinski definition) is 1. The van der Waals surface area contributed by atoms with Crippen molar-refractivity contribution in [3.05, 3.63) is 56.5 Å². The van der Waals surface area contributed by atoms with Crippen LogP contribution in [0, 0.1) is 17.3 Å². The van der Waals surface area contributed by atoms with Gasteiger partial charge in [-0.3, -0.25) is 0 Å². The first-order valence-electron chi connectivity index (χ1n) is 9.21. The van der Waals surface area contributed by atoms with Crippen LogP contribution in [0.15, 0.2) is 50.9 Å². The Balaban J connectivity index is 2.52. The van der Waals surface area contributed by atoms with Crippen LogP contribution in [-0.2, 0) is 14.3 Å². The van der Waals surface area contributed by atoms with Crippen molar-refractivity contribution in [3.8, 4) is 0 Å². The molecule has 0 aliphatic heterocycles. The minimum atomic E-state index is -0.994. The molecule has 1 N–H and O–H groups in total. The first-order valence-corrected chi connectivity index (χ1v) is 10.8. The molecule has 0 radical (unpaired) electrons. The molecule has 1 aliphatic rings. The van der Waals surface area contributed by atoms with Crippen LogP contribution >= 0.6 is 31.9 Å². The van der Waals surface area contributed by atoms with Gasteiger partial charge in [0.05, 0.1) is 18.8 Å². The van der Waals surface area contributed by atoms with E-state index in [0.717, 1.165) is 10.0 Å². The van der Waals surface area contributed by atoms with Gasteiger partial charge in [-0.15, -0.1) is 0 Å². The molecule has 7 heteroatoms. The van der Waals surface area contributed by atoms with E-state index in [0.29, 0.717) is 15.6 Å². The van der Waals surface area contributed by atoms with Crippen molar-refractivity contribution in [3.63, 3.8) is 0 Å². The van der Waals surface area contributed by atoms with Crippen LogP contribution in [-0.4, -0.2) is 36.4 Å². The predicted molar refractivity (Wildman–Crippen MR) is 118 cm³/mol. The summed E-state index contributed by atoms with van der Waals surface area (Å²) >= 11 is 6.72. The van der Waals surface area contributed by atoms with Crippen LogP contribution in [0.1, 0.15) is 38.1 Å². The number of carbonyl (C=O) groups excluding carboxylic acids is 2. The Labute approximate surface area is 188 Å². The first kappa shape index (κ1) is 23.8. The third-order valence-corrected chi connectivity index (χ3v) is 6.75. The van der Waals surface area contributed by atoms with Gasteiger partial charge in [0, 0.05) is 25.9 Å². The second kappa shape index (κ2) is 9.14. The summed E-state index contributed by atoms with van der Waals surface area (Å²) in [6.07, 6.45) is -0.274. The van der Waals surface area contributed by atoms with Crippen LogP contribution in [0.2, 0.25) is 0 Å². The van der Waals surface area contributed by atoms with Crippen LogP contribution in [0.4, 0.5) is 0 Å². The van der Waals surface area contributed by atoms with Crippen molar-refractivity contribution < 1.29 is 24.2 Å². The predicted octanol–water partition coefficient (Wildman–Crippen LogP) is 5.07. The second-order valence-corrected chi connectivity index (χ2v) is 9.62. The molecule has 1 fully saturated rings. The summed E-state index contributed by atoms with van der Waals surface area (Å²) in [5.74, 6) is -1.96. The van der Waals surface area contributed by atoms with Gasteiger partial charge in [-0.25, -0.2) is 9.59 Å². The maximum atomic E-state index is 12.9. The number of aliphatic hydroxyl groups is 1. The molecule has 1 aliphatic carbocycles. The van der Waals surface area contributed by atoms with E-state index >= 15 is 0 Å². The van der Waals surface area contributed by atoms with Gasteiger partial charge in [0.15, 0.2) is 0 Å². The Morgan fingerprint density at radius 1 is 1.28 bits per heavy atom. The standard InChI is InChI=1S/C22H26Br2O5/c1-7-13(20(26)28-6)16-17(11(2)3)22(4,5)19(25)18(16)29-21(27)14-9-8-12(23)10-15(14)24/h7-10,16-19,25H,2H2,1,3-6H3/b13-7+/t16-,17+,18+,19+/m1/s1. The average Bonchev–Trinajstić information content (AvgIpc) is 2.82. The molecule has 0 unspecified atom stereocenters. The molecule has 5 nitrogen and oxygen atoms in total. The third-order valence-electron chi connectivity index (χ3n) is 5.60. The van der Waals surface area contributed by atoms with Crippen molar-refractivity contribution in [2.75, 3.05) is 7.11 Å². The lowest BCUT2D eigenvalue weighted by Crippen LogP contribution is -2.37. The van der Waals surface area contributed by atoms with E-state index in [1.165, 1.54) is 7.11 Å². The number of rotatable bonds is 5. The van der Waals surface area contributed by atoms with E-state index in [4.69, 9.17) is 9.47 Å². The number of hydrogen-bond acceptors (Lipinski definition) is 5. The van der Waals surface area contributed by atoms with Gasteiger partial charge in [0.1, 0.15) is 6.10 Å². The van der Waals surface area contributed by atoms with Crippen LogP contribution in [0.25, 0.3) is 0 Å². The molecule has 4 atom stereocenters. The Hall–Kier alpha value is -1.44. The zero-order valence-electron chi connectivity index (χ0n) is 17.2. The summed E-state index contributed by atoms with van der Waals surface area (Å²) in [6.45, 7) is 11.4. The Morgan fingerprint density at radius 2 is 1.90 bits per heavy atom. The average molecular weight is 530 g/mol. The lowest BCUT2D eigenvalue weighted by molar-refractivity contribution is -0.137. The maximum Gasteiger partial charge on any atom is 0.339 e. The van der Waals surface area contributed by atoms with Crippen LogP contribution in [0.3, 0.4) is 0 Å². The third kappa shape index (κ3) is 4.52. The molecule has 0 heterocycles. The Kier molecular flexibility index (Phi) is 7.52. The number of benzene rings is 1. The number of methoxy groups -OCH3 is 1. The molecule has 0 bridgehead atoms. The summed E-state index contributed by atoms with van der Waals surface area (Å²) in [6, 6.07) is 5.10. The lowest BCUT2D eigenvalue weighted by Gasteiger charge is -2.32. The van der Waals surface area contributed by atoms with Gasteiger partial charge in [0.2, 0.25) is 0 Å². The van der Waals surface area contributed by atoms with E-state index in [2.05, 4.69) is 38.4 Å². The van der Waals surface area contributed by atoms with Gasteiger partial charge >= 0.3 is 11.9 Å². The molecule has 1 saturated carbocycles. The van der Waals surface area contributed by atoms with Gasteiger partial charge in [-0.1, -0.05) is 48.0 Å². The van der Waals surface area contributed by atoms with E-state index in [1.807, 2.05) is 20.8 Å². The minimum absolute atomic E-state index is 0.283. The largest absolute Gasteiger partial charge is 0.466 e. The number of halogens is 2. The molecular weight excluding hydrogens is 504 g/mol. The summed E-state index contributed by atoms with van der Waals surface area (Å²) in [7, 11) is 1.30. The number of carbonyl (C=O) groups is 2. The zero-order valence-corrected chi connectivity index (χ0v) is 20.3. The van der Waals surface area contributed by atoms with E-state index in [-0.39, 0.29) is 5.92 Å². The molecular formula is C22H26Br2O5. The van der Waals surface area contributed by atoms with Crippen molar-refractivity contribution in [2.45, 2.75) is 39.9 Å². The first-order chi connectivity index (χ1) is 13.5. The maximum absolute atomic E-state index is 12.9. The number of esters is 2. The molecule has 29 heavy (non-hydrogen) atoms. The SMILES string of the molecule is C=C(C)[C@H]1[C@@H](/C(=C\C)C(=O)OC)[C@H](OC(=O)c2ccc(Br)cc2Br)[C@H](O)C1(C)C. The fraction of sp³-hybridized carbons (Fsp3) is 0.455. The zero-order chi connectivity index (χ0) is 22.1. The second-order valence-electron chi connectivity index (χ2n) is 7.85. The van der Waals surface area contributed by atoms with E-state index in [1.54, 1.807) is 31.2 Å². The van der Waals surface area contributed by atoms with Crippen molar-refractivity contribution >= 4 is 43.8 Å². The Bertz CT molecular complexity index is 859. The van der Waals surface area contributed by atoms with Crippen LogP contribution < -0.4 is 0 Å². The molecule has 1 aromatic rings. The summed E-state index contributed by atoms with van der Waals surface area (Å²) in [5, 5.41) is 11.1. The highest BCUT2D eigenvalue weighted by Crippen LogP contribution is 2.53. The molecule has 0 spiro atoms. The van der Waals surface area contributed by atoms with Crippen molar-refractivity contribution in [1.29, 1.82) is 0 Å². The minimum Gasteiger partial charge on any atom is -0.466 e. The molecule has 0 saturated heterocycles. The van der Waals surface area contributed by atoms with Gasteiger partial charge in [0.25, 0.3) is 0 Å². The molecule has 1 aromatic carbocycles. The van der Waals surface area contributed by atoms with E-state index in [9.17, 15) is 14.7 Å². The van der Waals surface area contributed by atoms with Gasteiger partial charge in [-0.2, -0.15) is 0 Å². The fourth-order valence-electron chi connectivity index (χ4n) is 4.30. The summed E-state index contributed by atoms with van der Waals surface area (Å²) in [5.41, 5.74) is 0.819. The molecule has 0 amide bonds. The quantitative estimate of drug-likeness (QED) is 0.327. The normalized spacial score (nSPS) is 26.1. The number of allylic oxidation sites excluding steroid dienone is 2. The van der Waals surface area contributed by atoms with Gasteiger partial charge < -0.3 is 14.6 Å². The highest BCUT2D eigenvalue weighted by Gasteiger charge is 2.59. The molecule has 0 aromatic heterocycles. The monoisotopic (exact) mass is 528 g/mol. The smallest absolute Gasteiger partial charge is 0.339 e. The topological polar surface area (TPSA) is 72.8 Å². The fourth-order valence-corrected chi connectivity index (χ4v) is 5.51.